The first-order chi connectivity index (χ1) is 8.04. The van der Waals surface area contributed by atoms with Crippen molar-refractivity contribution in [3.8, 4) is 0 Å². The van der Waals surface area contributed by atoms with E-state index < -0.39 is 12.0 Å². The van der Waals surface area contributed by atoms with Crippen molar-refractivity contribution in [2.24, 2.45) is 5.73 Å². The highest BCUT2D eigenvalue weighted by Crippen LogP contribution is 2.22. The lowest BCUT2D eigenvalue weighted by Gasteiger charge is -2.08. The summed E-state index contributed by atoms with van der Waals surface area (Å²) in [6, 6.07) is 3.60. The van der Waals surface area contributed by atoms with E-state index in [0.29, 0.717) is 18.8 Å². The molecule has 0 heterocycles. The summed E-state index contributed by atoms with van der Waals surface area (Å²) in [6.07, 6.45) is 0. The normalized spacial score (nSPS) is 9.76. The Hall–Kier alpha value is -1.79. The van der Waals surface area contributed by atoms with Crippen molar-refractivity contribution in [1.29, 1.82) is 0 Å². The number of halogens is 1. The highest BCUT2D eigenvalue weighted by atomic mass is 35.5. The maximum atomic E-state index is 11.3. The number of urea groups is 1. The number of aromatic carboxylic acids is 1. The van der Waals surface area contributed by atoms with Crippen LogP contribution in [0.1, 0.15) is 10.4 Å². The average Bonchev–Trinajstić information content (AvgIpc) is 2.28. The van der Waals surface area contributed by atoms with E-state index in [1.165, 1.54) is 18.2 Å². The maximum absolute atomic E-state index is 11.3. The predicted octanol–water partition coefficient (Wildman–Crippen LogP) is 1.12. The molecular formula is C10H12ClN3O3. The highest BCUT2D eigenvalue weighted by molar-refractivity contribution is 6.34. The molecule has 0 spiro atoms. The smallest absolute Gasteiger partial charge is 0.335 e. The maximum Gasteiger partial charge on any atom is 0.335 e. The first kappa shape index (κ1) is 13.3. The lowest BCUT2D eigenvalue weighted by Crippen LogP contribution is -2.32. The van der Waals surface area contributed by atoms with E-state index in [1.54, 1.807) is 0 Å². The molecule has 0 aliphatic rings. The van der Waals surface area contributed by atoms with Gasteiger partial charge in [-0.25, -0.2) is 9.59 Å². The van der Waals surface area contributed by atoms with Crippen LogP contribution in [0.4, 0.5) is 10.5 Å². The van der Waals surface area contributed by atoms with Crippen LogP contribution in [-0.2, 0) is 0 Å². The number of nitrogens with two attached hydrogens (primary N) is 1. The fourth-order valence-electron chi connectivity index (χ4n) is 1.10. The Kier molecular flexibility index (Phi) is 4.74. The number of anilines is 1. The SMILES string of the molecule is NCCNC(=O)Nc1ccc(C(=O)O)cc1Cl. The van der Waals surface area contributed by atoms with Gasteiger partial charge >= 0.3 is 12.0 Å². The molecule has 0 unspecified atom stereocenters. The molecule has 0 aliphatic carbocycles. The summed E-state index contributed by atoms with van der Waals surface area (Å²) in [5.74, 6) is -1.08. The van der Waals surface area contributed by atoms with E-state index in [9.17, 15) is 9.59 Å². The lowest BCUT2D eigenvalue weighted by atomic mass is 10.2. The zero-order valence-electron chi connectivity index (χ0n) is 8.87. The molecule has 17 heavy (non-hydrogen) atoms. The van der Waals surface area contributed by atoms with Crippen LogP contribution in [0.5, 0.6) is 0 Å². The largest absolute Gasteiger partial charge is 0.478 e. The number of hydrogen-bond acceptors (Lipinski definition) is 3. The summed E-state index contributed by atoms with van der Waals surface area (Å²) >= 11 is 5.82. The molecule has 0 saturated heterocycles. The fourth-order valence-corrected chi connectivity index (χ4v) is 1.33. The molecule has 0 atom stereocenters. The molecule has 0 saturated carbocycles. The van der Waals surface area contributed by atoms with Gasteiger partial charge in [0.25, 0.3) is 0 Å². The molecular weight excluding hydrogens is 246 g/mol. The van der Waals surface area contributed by atoms with E-state index in [2.05, 4.69) is 10.6 Å². The number of amides is 2. The van der Waals surface area contributed by atoms with E-state index in [1.807, 2.05) is 0 Å². The summed E-state index contributed by atoms with van der Waals surface area (Å²) in [4.78, 5) is 21.9. The summed E-state index contributed by atoms with van der Waals surface area (Å²) in [5, 5.41) is 13.9. The molecule has 1 aromatic carbocycles. The molecule has 0 bridgehead atoms. The minimum absolute atomic E-state index is 0.0583. The molecule has 0 aliphatic heterocycles. The minimum Gasteiger partial charge on any atom is -0.478 e. The van der Waals surface area contributed by atoms with Crippen LogP contribution >= 0.6 is 11.6 Å². The standard InChI is InChI=1S/C10H12ClN3O3/c11-7-5-6(9(15)16)1-2-8(7)14-10(17)13-4-3-12/h1-2,5H,3-4,12H2,(H,15,16)(H2,13,14,17). The van der Waals surface area contributed by atoms with Gasteiger partial charge in [0.2, 0.25) is 0 Å². The number of nitrogens with one attached hydrogen (secondary N) is 2. The second-order valence-corrected chi connectivity index (χ2v) is 3.58. The van der Waals surface area contributed by atoms with Gasteiger partial charge in [-0.3, -0.25) is 0 Å². The second-order valence-electron chi connectivity index (χ2n) is 3.17. The van der Waals surface area contributed by atoms with Crippen molar-refractivity contribution in [3.63, 3.8) is 0 Å². The van der Waals surface area contributed by atoms with Crippen LogP contribution < -0.4 is 16.4 Å². The summed E-state index contributed by atoms with van der Waals surface area (Å²) < 4.78 is 0. The zero-order valence-corrected chi connectivity index (χ0v) is 9.62. The highest BCUT2D eigenvalue weighted by Gasteiger charge is 2.08. The van der Waals surface area contributed by atoms with Crippen LogP contribution in [0, 0.1) is 0 Å². The Morgan fingerprint density at radius 3 is 2.65 bits per heavy atom. The average molecular weight is 258 g/mol. The fraction of sp³-hybridized carbons (Fsp3) is 0.200. The summed E-state index contributed by atoms with van der Waals surface area (Å²) in [7, 11) is 0. The Morgan fingerprint density at radius 2 is 2.12 bits per heavy atom. The van der Waals surface area contributed by atoms with E-state index in [4.69, 9.17) is 22.4 Å². The van der Waals surface area contributed by atoms with Crippen LogP contribution in [-0.4, -0.2) is 30.2 Å². The Labute approximate surface area is 103 Å². The number of carbonyl (C=O) groups excluding carboxylic acids is 1. The molecule has 92 valence electrons. The molecule has 6 nitrogen and oxygen atoms in total. The van der Waals surface area contributed by atoms with Gasteiger partial charge in [0.05, 0.1) is 16.3 Å². The van der Waals surface area contributed by atoms with Crippen LogP contribution in [0.15, 0.2) is 18.2 Å². The molecule has 7 heteroatoms. The van der Waals surface area contributed by atoms with Gasteiger partial charge < -0.3 is 21.5 Å². The van der Waals surface area contributed by atoms with Gasteiger partial charge in [0, 0.05) is 13.1 Å². The van der Waals surface area contributed by atoms with E-state index in [-0.39, 0.29) is 10.6 Å². The Bertz CT molecular complexity index is 437. The number of hydrogen-bond donors (Lipinski definition) is 4. The third kappa shape index (κ3) is 3.93. The first-order valence-corrected chi connectivity index (χ1v) is 5.20. The summed E-state index contributed by atoms with van der Waals surface area (Å²) in [6.45, 7) is 0.676. The predicted molar refractivity (Wildman–Crippen MR) is 64.5 cm³/mol. The number of rotatable bonds is 4. The third-order valence-electron chi connectivity index (χ3n) is 1.89. The molecule has 1 aromatic rings. The molecule has 2 amide bonds. The number of carboxylic acid groups (broad SMARTS) is 1. The topological polar surface area (TPSA) is 104 Å². The van der Waals surface area contributed by atoms with Crippen LogP contribution in [0.2, 0.25) is 5.02 Å². The Balaban J connectivity index is 2.72. The number of carboxylic acids is 1. The zero-order chi connectivity index (χ0) is 12.8. The van der Waals surface area contributed by atoms with Crippen molar-refractivity contribution >= 4 is 29.3 Å². The van der Waals surface area contributed by atoms with Gasteiger partial charge in [-0.2, -0.15) is 0 Å². The van der Waals surface area contributed by atoms with Crippen molar-refractivity contribution < 1.29 is 14.7 Å². The third-order valence-corrected chi connectivity index (χ3v) is 2.21. The monoisotopic (exact) mass is 257 g/mol. The second kappa shape index (κ2) is 6.07. The summed E-state index contributed by atoms with van der Waals surface area (Å²) in [5.41, 5.74) is 5.62. The molecule has 0 aromatic heterocycles. The van der Waals surface area contributed by atoms with E-state index in [0.717, 1.165) is 0 Å². The van der Waals surface area contributed by atoms with Crippen molar-refractivity contribution in [3.05, 3.63) is 28.8 Å². The van der Waals surface area contributed by atoms with Gasteiger partial charge in [-0.1, -0.05) is 11.6 Å². The minimum atomic E-state index is -1.08. The van der Waals surface area contributed by atoms with Gasteiger partial charge in [0.1, 0.15) is 0 Å². The first-order valence-electron chi connectivity index (χ1n) is 4.82. The van der Waals surface area contributed by atoms with Gasteiger partial charge in [-0.15, -0.1) is 0 Å². The van der Waals surface area contributed by atoms with Crippen LogP contribution in [0.3, 0.4) is 0 Å². The molecule has 1 rings (SSSR count). The van der Waals surface area contributed by atoms with Gasteiger partial charge in [-0.05, 0) is 18.2 Å². The molecule has 5 N–H and O–H groups in total. The van der Waals surface area contributed by atoms with Crippen molar-refractivity contribution in [2.45, 2.75) is 0 Å². The van der Waals surface area contributed by atoms with Crippen molar-refractivity contribution in [1.82, 2.24) is 5.32 Å². The lowest BCUT2D eigenvalue weighted by molar-refractivity contribution is 0.0697. The quantitative estimate of drug-likeness (QED) is 0.649. The van der Waals surface area contributed by atoms with E-state index >= 15 is 0 Å². The number of carbonyl (C=O) groups is 2. The van der Waals surface area contributed by atoms with Crippen molar-refractivity contribution in [2.75, 3.05) is 18.4 Å². The molecule has 0 fully saturated rings. The Morgan fingerprint density at radius 1 is 1.41 bits per heavy atom. The van der Waals surface area contributed by atoms with Crippen LogP contribution in [0.25, 0.3) is 0 Å². The van der Waals surface area contributed by atoms with Gasteiger partial charge in [0.15, 0.2) is 0 Å². The molecule has 0 radical (unpaired) electrons. The number of benzene rings is 1.